The van der Waals surface area contributed by atoms with Crippen LogP contribution in [0, 0.1) is 5.92 Å². The number of para-hydroxylation sites is 2. The van der Waals surface area contributed by atoms with E-state index >= 15 is 0 Å². The van der Waals surface area contributed by atoms with E-state index in [1.165, 1.54) is 0 Å². The SMILES string of the molecule is CCOC(=O)C1CC1c1nc2ccccc2o1. The van der Waals surface area contributed by atoms with E-state index in [0.717, 1.165) is 17.5 Å². The molecule has 0 spiro atoms. The van der Waals surface area contributed by atoms with Crippen molar-refractivity contribution in [3.63, 3.8) is 0 Å². The summed E-state index contributed by atoms with van der Waals surface area (Å²) in [5, 5.41) is 0. The zero-order chi connectivity index (χ0) is 11.8. The van der Waals surface area contributed by atoms with E-state index in [0.29, 0.717) is 12.5 Å². The van der Waals surface area contributed by atoms with Crippen LogP contribution in [-0.2, 0) is 9.53 Å². The molecule has 3 rings (SSSR count). The molecular formula is C13H13NO3. The van der Waals surface area contributed by atoms with Crippen LogP contribution in [0.2, 0.25) is 0 Å². The van der Waals surface area contributed by atoms with Gasteiger partial charge < -0.3 is 9.15 Å². The minimum absolute atomic E-state index is 0.0667. The molecule has 1 heterocycles. The van der Waals surface area contributed by atoms with Gasteiger partial charge in [0.05, 0.1) is 12.5 Å². The number of rotatable bonds is 3. The highest BCUT2D eigenvalue weighted by Crippen LogP contribution is 2.48. The fourth-order valence-corrected chi connectivity index (χ4v) is 2.03. The van der Waals surface area contributed by atoms with E-state index in [2.05, 4.69) is 4.98 Å². The number of ether oxygens (including phenoxy) is 1. The van der Waals surface area contributed by atoms with Gasteiger partial charge in [-0.25, -0.2) is 4.98 Å². The lowest BCUT2D eigenvalue weighted by molar-refractivity contribution is -0.144. The average Bonchev–Trinajstić information content (AvgIpc) is 3.02. The standard InChI is InChI=1S/C13H13NO3/c1-2-16-13(15)9-7-8(9)12-14-10-5-3-4-6-11(10)17-12/h3-6,8-9H,2,7H2,1H3. The maximum atomic E-state index is 11.5. The van der Waals surface area contributed by atoms with Gasteiger partial charge in [-0.2, -0.15) is 0 Å². The third kappa shape index (κ3) is 1.79. The first-order chi connectivity index (χ1) is 8.29. The van der Waals surface area contributed by atoms with Gasteiger partial charge >= 0.3 is 5.97 Å². The van der Waals surface area contributed by atoms with Crippen molar-refractivity contribution in [1.29, 1.82) is 0 Å². The van der Waals surface area contributed by atoms with Crippen molar-refractivity contribution in [2.24, 2.45) is 5.92 Å². The summed E-state index contributed by atoms with van der Waals surface area (Å²) in [4.78, 5) is 15.9. The number of nitrogens with zero attached hydrogens (tertiary/aromatic N) is 1. The summed E-state index contributed by atoms with van der Waals surface area (Å²) in [6.45, 7) is 2.24. The molecule has 0 saturated heterocycles. The van der Waals surface area contributed by atoms with Crippen LogP contribution in [0.15, 0.2) is 28.7 Å². The zero-order valence-corrected chi connectivity index (χ0v) is 9.55. The monoisotopic (exact) mass is 231 g/mol. The Morgan fingerprint density at radius 3 is 3.12 bits per heavy atom. The van der Waals surface area contributed by atoms with Crippen molar-refractivity contribution in [3.8, 4) is 0 Å². The molecule has 17 heavy (non-hydrogen) atoms. The first kappa shape index (κ1) is 10.3. The topological polar surface area (TPSA) is 52.3 Å². The quantitative estimate of drug-likeness (QED) is 0.761. The van der Waals surface area contributed by atoms with E-state index in [1.54, 1.807) is 0 Å². The van der Waals surface area contributed by atoms with Gasteiger partial charge in [-0.3, -0.25) is 4.79 Å². The summed E-state index contributed by atoms with van der Waals surface area (Å²) >= 11 is 0. The summed E-state index contributed by atoms with van der Waals surface area (Å²) in [6, 6.07) is 7.62. The molecule has 0 bridgehead atoms. The molecule has 0 amide bonds. The highest BCUT2D eigenvalue weighted by atomic mass is 16.5. The second-order valence-corrected chi connectivity index (χ2v) is 4.22. The molecule has 4 nitrogen and oxygen atoms in total. The van der Waals surface area contributed by atoms with Gasteiger partial charge in [-0.05, 0) is 25.5 Å². The summed E-state index contributed by atoms with van der Waals surface area (Å²) in [5.74, 6) is 0.550. The summed E-state index contributed by atoms with van der Waals surface area (Å²) < 4.78 is 10.6. The Bertz CT molecular complexity index is 528. The molecule has 0 radical (unpaired) electrons. The number of hydrogen-bond donors (Lipinski definition) is 0. The third-order valence-electron chi connectivity index (χ3n) is 3.01. The molecule has 1 aliphatic rings. The number of aromatic nitrogens is 1. The van der Waals surface area contributed by atoms with Crippen LogP contribution in [0.3, 0.4) is 0 Å². The molecule has 0 N–H and O–H groups in total. The number of esters is 1. The molecular weight excluding hydrogens is 218 g/mol. The lowest BCUT2D eigenvalue weighted by Crippen LogP contribution is -2.07. The number of carbonyl (C=O) groups is 1. The fraction of sp³-hybridized carbons (Fsp3) is 0.385. The molecule has 1 aliphatic carbocycles. The van der Waals surface area contributed by atoms with E-state index in [-0.39, 0.29) is 17.8 Å². The maximum absolute atomic E-state index is 11.5. The molecule has 1 aromatic carbocycles. The van der Waals surface area contributed by atoms with Crippen LogP contribution in [0.4, 0.5) is 0 Å². The molecule has 88 valence electrons. The van der Waals surface area contributed by atoms with Crippen molar-refractivity contribution >= 4 is 17.1 Å². The smallest absolute Gasteiger partial charge is 0.309 e. The minimum Gasteiger partial charge on any atom is -0.466 e. The predicted molar refractivity (Wildman–Crippen MR) is 61.5 cm³/mol. The van der Waals surface area contributed by atoms with Crippen molar-refractivity contribution in [2.45, 2.75) is 19.3 Å². The molecule has 2 unspecified atom stereocenters. The molecule has 4 heteroatoms. The average molecular weight is 231 g/mol. The Morgan fingerprint density at radius 2 is 2.35 bits per heavy atom. The first-order valence-electron chi connectivity index (χ1n) is 5.81. The van der Waals surface area contributed by atoms with Gasteiger partial charge in [0.15, 0.2) is 11.5 Å². The lowest BCUT2D eigenvalue weighted by atomic mass is 10.3. The second kappa shape index (κ2) is 3.87. The van der Waals surface area contributed by atoms with Crippen LogP contribution < -0.4 is 0 Å². The Labute approximate surface area is 98.6 Å². The van der Waals surface area contributed by atoms with Gasteiger partial charge in [0.25, 0.3) is 0 Å². The Morgan fingerprint density at radius 1 is 1.53 bits per heavy atom. The predicted octanol–water partition coefficient (Wildman–Crippen LogP) is 2.49. The molecule has 2 atom stereocenters. The molecule has 0 aliphatic heterocycles. The Kier molecular flexibility index (Phi) is 2.35. The fourth-order valence-electron chi connectivity index (χ4n) is 2.03. The van der Waals surface area contributed by atoms with Gasteiger partial charge in [-0.15, -0.1) is 0 Å². The molecule has 2 aromatic rings. The minimum atomic E-state index is -0.139. The lowest BCUT2D eigenvalue weighted by Gasteiger charge is -1.98. The van der Waals surface area contributed by atoms with Crippen molar-refractivity contribution < 1.29 is 13.9 Å². The van der Waals surface area contributed by atoms with Crippen LogP contribution in [0.5, 0.6) is 0 Å². The zero-order valence-electron chi connectivity index (χ0n) is 9.55. The molecule has 1 fully saturated rings. The van der Waals surface area contributed by atoms with E-state index in [4.69, 9.17) is 9.15 Å². The largest absolute Gasteiger partial charge is 0.466 e. The molecule has 1 saturated carbocycles. The van der Waals surface area contributed by atoms with Gasteiger partial charge in [0.1, 0.15) is 5.52 Å². The third-order valence-corrected chi connectivity index (χ3v) is 3.01. The maximum Gasteiger partial charge on any atom is 0.309 e. The Hall–Kier alpha value is -1.84. The van der Waals surface area contributed by atoms with Crippen LogP contribution in [-0.4, -0.2) is 17.6 Å². The van der Waals surface area contributed by atoms with Crippen LogP contribution in [0.25, 0.3) is 11.1 Å². The Balaban J connectivity index is 1.80. The number of carbonyl (C=O) groups excluding carboxylic acids is 1. The number of oxazole rings is 1. The first-order valence-corrected chi connectivity index (χ1v) is 5.81. The normalized spacial score (nSPS) is 22.6. The van der Waals surface area contributed by atoms with Gasteiger partial charge in [0.2, 0.25) is 0 Å². The van der Waals surface area contributed by atoms with Crippen LogP contribution >= 0.6 is 0 Å². The van der Waals surface area contributed by atoms with Crippen LogP contribution in [0.1, 0.15) is 25.2 Å². The number of benzene rings is 1. The van der Waals surface area contributed by atoms with E-state index in [9.17, 15) is 4.79 Å². The van der Waals surface area contributed by atoms with Gasteiger partial charge in [0, 0.05) is 5.92 Å². The van der Waals surface area contributed by atoms with E-state index < -0.39 is 0 Å². The summed E-state index contributed by atoms with van der Waals surface area (Å²) in [6.07, 6.45) is 0.783. The number of fused-ring (bicyclic) bond motifs is 1. The van der Waals surface area contributed by atoms with E-state index in [1.807, 2.05) is 31.2 Å². The molecule has 1 aromatic heterocycles. The van der Waals surface area contributed by atoms with Crippen molar-refractivity contribution in [1.82, 2.24) is 4.98 Å². The number of hydrogen-bond acceptors (Lipinski definition) is 4. The summed E-state index contributed by atoms with van der Waals surface area (Å²) in [5.41, 5.74) is 1.62. The summed E-state index contributed by atoms with van der Waals surface area (Å²) in [7, 11) is 0. The van der Waals surface area contributed by atoms with Crippen molar-refractivity contribution in [3.05, 3.63) is 30.2 Å². The highest BCUT2D eigenvalue weighted by Gasteiger charge is 2.48. The van der Waals surface area contributed by atoms with Gasteiger partial charge in [-0.1, -0.05) is 12.1 Å². The van der Waals surface area contributed by atoms with Crippen molar-refractivity contribution in [2.75, 3.05) is 6.61 Å². The second-order valence-electron chi connectivity index (χ2n) is 4.22. The highest BCUT2D eigenvalue weighted by molar-refractivity contribution is 5.78.